The quantitative estimate of drug-likeness (QED) is 0.221. The van der Waals surface area contributed by atoms with E-state index >= 15 is 0 Å². The lowest BCUT2D eigenvalue weighted by Gasteiger charge is -2.33. The maximum atomic E-state index is 5.05. The molecule has 2 aromatic carbocycles. The molecule has 0 atom stereocenters. The van der Waals surface area contributed by atoms with E-state index in [-0.39, 0.29) is 10.8 Å². The van der Waals surface area contributed by atoms with E-state index in [2.05, 4.69) is 153 Å². The molecule has 0 saturated heterocycles. The van der Waals surface area contributed by atoms with Gasteiger partial charge in [-0.05, 0) is 55.9 Å². The fourth-order valence-electron chi connectivity index (χ4n) is 6.41. The molecule has 5 rings (SSSR count). The number of hydrogen-bond donors (Lipinski definition) is 0. The predicted octanol–water partition coefficient (Wildman–Crippen LogP) is 10.2. The van der Waals surface area contributed by atoms with Gasteiger partial charge in [0.2, 0.25) is 0 Å². The van der Waals surface area contributed by atoms with Crippen LogP contribution >= 0.6 is 0 Å². The third kappa shape index (κ3) is 5.28. The second-order valence-corrected chi connectivity index (χ2v) is 18.0. The van der Waals surface area contributed by atoms with Gasteiger partial charge in [-0.3, -0.25) is 9.97 Å². The van der Waals surface area contributed by atoms with Crippen molar-refractivity contribution in [1.29, 1.82) is 0 Å². The Hall–Kier alpha value is -3.56. The molecule has 4 aromatic rings. The molecule has 1 aliphatic rings. The van der Waals surface area contributed by atoms with Gasteiger partial charge in [0, 0.05) is 34.6 Å². The van der Waals surface area contributed by atoms with Gasteiger partial charge in [-0.25, -0.2) is 0 Å². The SMILES string of the molecule is CC[Si]1(CC)C(c2ccc(C(C)(C)C)nc2)=C(c2ccccc2)C(c2ccccc2)=C1c1ccc(C(C)(C)C)nc1. The summed E-state index contributed by atoms with van der Waals surface area (Å²) in [5.41, 5.74) is 10.1. The fourth-order valence-corrected chi connectivity index (χ4v) is 11.5. The fraction of sp³-hybridized carbons (Fsp3) is 0.316. The predicted molar refractivity (Wildman–Crippen MR) is 179 cm³/mol. The highest BCUT2D eigenvalue weighted by molar-refractivity contribution is 7.14. The van der Waals surface area contributed by atoms with Crippen molar-refractivity contribution < 1.29 is 0 Å². The zero-order valence-corrected chi connectivity index (χ0v) is 27.0. The number of pyridine rings is 2. The maximum Gasteiger partial charge on any atom is 0.121 e. The Kier molecular flexibility index (Phi) is 7.78. The minimum absolute atomic E-state index is 0.00789. The van der Waals surface area contributed by atoms with Crippen LogP contribution in [-0.4, -0.2) is 18.0 Å². The van der Waals surface area contributed by atoms with Crippen molar-refractivity contribution in [1.82, 2.24) is 9.97 Å². The summed E-state index contributed by atoms with van der Waals surface area (Å²) in [7, 11) is -2.26. The van der Waals surface area contributed by atoms with Crippen LogP contribution in [0.3, 0.4) is 0 Å². The van der Waals surface area contributed by atoms with Crippen LogP contribution in [0.5, 0.6) is 0 Å². The Morgan fingerprint density at radius 1 is 0.488 bits per heavy atom. The van der Waals surface area contributed by atoms with Crippen LogP contribution in [0.15, 0.2) is 97.3 Å². The Labute approximate surface area is 248 Å². The number of allylic oxidation sites excluding steroid dienone is 2. The highest BCUT2D eigenvalue weighted by Crippen LogP contribution is 2.58. The number of rotatable bonds is 6. The molecule has 0 aliphatic carbocycles. The second-order valence-electron chi connectivity index (χ2n) is 13.4. The molecule has 0 N–H and O–H groups in total. The van der Waals surface area contributed by atoms with Crippen molar-refractivity contribution in [3.8, 4) is 0 Å². The van der Waals surface area contributed by atoms with Crippen LogP contribution in [-0.2, 0) is 10.8 Å². The first-order valence-electron chi connectivity index (χ1n) is 15.1. The zero-order valence-electron chi connectivity index (χ0n) is 26.0. The lowest BCUT2D eigenvalue weighted by molar-refractivity contribution is 0.568. The number of nitrogens with zero attached hydrogens (tertiary/aromatic N) is 2. The van der Waals surface area contributed by atoms with Gasteiger partial charge in [-0.2, -0.15) is 0 Å². The minimum atomic E-state index is -2.26. The molecule has 0 spiro atoms. The van der Waals surface area contributed by atoms with Crippen molar-refractivity contribution in [3.63, 3.8) is 0 Å². The maximum absolute atomic E-state index is 5.05. The Balaban J connectivity index is 1.89. The Morgan fingerprint density at radius 2 is 0.854 bits per heavy atom. The summed E-state index contributed by atoms with van der Waals surface area (Å²) in [4.78, 5) is 10.1. The van der Waals surface area contributed by atoms with Crippen LogP contribution in [0.25, 0.3) is 21.5 Å². The Bertz CT molecular complexity index is 1440. The monoisotopic (exact) mass is 556 g/mol. The molecule has 0 bridgehead atoms. The van der Waals surface area contributed by atoms with Gasteiger partial charge >= 0.3 is 0 Å². The van der Waals surface area contributed by atoms with E-state index in [0.29, 0.717) is 0 Å². The molecule has 2 aromatic heterocycles. The molecule has 0 unspecified atom stereocenters. The van der Waals surface area contributed by atoms with Gasteiger partial charge in [0.1, 0.15) is 8.07 Å². The minimum Gasteiger partial charge on any atom is -0.260 e. The summed E-state index contributed by atoms with van der Waals surface area (Å²) in [5, 5.41) is 3.02. The first-order valence-corrected chi connectivity index (χ1v) is 17.5. The summed E-state index contributed by atoms with van der Waals surface area (Å²) in [6.45, 7) is 18.2. The molecule has 3 heterocycles. The van der Waals surface area contributed by atoms with E-state index in [9.17, 15) is 0 Å². The third-order valence-electron chi connectivity index (χ3n) is 8.68. The summed E-state index contributed by atoms with van der Waals surface area (Å²) in [6.07, 6.45) is 4.30. The first-order chi connectivity index (χ1) is 19.5. The molecule has 41 heavy (non-hydrogen) atoms. The third-order valence-corrected chi connectivity index (χ3v) is 14.1. The smallest absolute Gasteiger partial charge is 0.121 e. The van der Waals surface area contributed by atoms with Crippen LogP contribution in [0, 0.1) is 0 Å². The number of benzene rings is 2. The molecule has 0 radical (unpaired) electrons. The summed E-state index contributed by atoms with van der Waals surface area (Å²) in [5.74, 6) is 0. The average Bonchev–Trinajstić information content (AvgIpc) is 3.29. The molecule has 2 nitrogen and oxygen atoms in total. The largest absolute Gasteiger partial charge is 0.260 e. The van der Waals surface area contributed by atoms with Crippen molar-refractivity contribution in [2.75, 3.05) is 0 Å². The summed E-state index contributed by atoms with van der Waals surface area (Å²) >= 11 is 0. The summed E-state index contributed by atoms with van der Waals surface area (Å²) < 4.78 is 0. The molecule has 210 valence electrons. The molecule has 1 aliphatic heterocycles. The van der Waals surface area contributed by atoms with Crippen molar-refractivity contribution in [3.05, 3.63) is 131 Å². The number of aromatic nitrogens is 2. The lowest BCUT2D eigenvalue weighted by Crippen LogP contribution is -2.35. The van der Waals surface area contributed by atoms with E-state index in [1.54, 1.807) is 0 Å². The molecule has 0 fully saturated rings. The Morgan fingerprint density at radius 3 is 1.12 bits per heavy atom. The molecular weight excluding hydrogens is 513 g/mol. The van der Waals surface area contributed by atoms with Crippen LogP contribution in [0.1, 0.15) is 89.0 Å². The zero-order chi connectivity index (χ0) is 29.4. The van der Waals surface area contributed by atoms with Gasteiger partial charge in [-0.1, -0.05) is 140 Å². The topological polar surface area (TPSA) is 25.8 Å². The highest BCUT2D eigenvalue weighted by Gasteiger charge is 2.48. The van der Waals surface area contributed by atoms with Crippen LogP contribution in [0.4, 0.5) is 0 Å². The van der Waals surface area contributed by atoms with Crippen molar-refractivity contribution >= 4 is 29.6 Å². The van der Waals surface area contributed by atoms with E-state index < -0.39 is 8.07 Å². The standard InChI is InChI=1S/C38H44N2Si/c1-9-41(10-2)35(29-21-23-31(39-25-29)37(3,4)5)33(27-17-13-11-14-18-27)34(28-19-15-12-16-20-28)36(41)30-22-24-32(40-26-30)38(6,7)8/h11-26H,9-10H2,1-8H3. The van der Waals surface area contributed by atoms with E-state index in [4.69, 9.17) is 9.97 Å². The average molecular weight is 557 g/mol. The van der Waals surface area contributed by atoms with Gasteiger partial charge < -0.3 is 0 Å². The van der Waals surface area contributed by atoms with Gasteiger partial charge in [0.15, 0.2) is 0 Å². The van der Waals surface area contributed by atoms with Crippen LogP contribution < -0.4 is 0 Å². The molecule has 0 saturated carbocycles. The molecular formula is C38H44N2Si. The number of hydrogen-bond acceptors (Lipinski definition) is 2. The molecule has 0 amide bonds. The van der Waals surface area contributed by atoms with E-state index in [1.807, 2.05) is 0 Å². The van der Waals surface area contributed by atoms with E-state index in [0.717, 1.165) is 23.5 Å². The normalized spacial score (nSPS) is 15.5. The van der Waals surface area contributed by atoms with Gasteiger partial charge in [0.25, 0.3) is 0 Å². The second kappa shape index (κ2) is 11.0. The van der Waals surface area contributed by atoms with Gasteiger partial charge in [0.05, 0.1) is 0 Å². The van der Waals surface area contributed by atoms with Gasteiger partial charge in [-0.15, -0.1) is 0 Å². The van der Waals surface area contributed by atoms with Crippen molar-refractivity contribution in [2.24, 2.45) is 0 Å². The molecule has 3 heteroatoms. The van der Waals surface area contributed by atoms with E-state index in [1.165, 1.54) is 43.8 Å². The summed E-state index contributed by atoms with van der Waals surface area (Å²) in [6, 6.07) is 33.4. The van der Waals surface area contributed by atoms with Crippen molar-refractivity contribution in [2.45, 2.75) is 78.3 Å². The highest BCUT2D eigenvalue weighted by atomic mass is 28.3. The lowest BCUT2D eigenvalue weighted by atomic mass is 9.88. The van der Waals surface area contributed by atoms with Crippen LogP contribution in [0.2, 0.25) is 12.1 Å². The first kappa shape index (κ1) is 28.9.